The second-order valence-electron chi connectivity index (χ2n) is 4.19. The summed E-state index contributed by atoms with van der Waals surface area (Å²) in [5.74, 6) is 0.762. The first kappa shape index (κ1) is 11.0. The molecule has 0 amide bonds. The van der Waals surface area contributed by atoms with Crippen LogP contribution >= 0.6 is 0 Å². The number of likely N-dealkylation sites (tertiary alicyclic amines) is 1. The summed E-state index contributed by atoms with van der Waals surface area (Å²) in [4.78, 5) is 2.36. The van der Waals surface area contributed by atoms with Gasteiger partial charge in [-0.25, -0.2) is 0 Å². The molecule has 1 heterocycles. The molecule has 3 N–H and O–H groups in total. The van der Waals surface area contributed by atoms with Gasteiger partial charge in [-0.3, -0.25) is 0 Å². The maximum atomic E-state index is 9.25. The molecule has 1 fully saturated rings. The molecule has 0 saturated carbocycles. The maximum absolute atomic E-state index is 9.25. The molecule has 13 heavy (non-hydrogen) atoms. The van der Waals surface area contributed by atoms with Crippen LogP contribution < -0.4 is 5.73 Å². The van der Waals surface area contributed by atoms with Crippen LogP contribution in [0.3, 0.4) is 0 Å². The van der Waals surface area contributed by atoms with E-state index in [1.54, 1.807) is 0 Å². The van der Waals surface area contributed by atoms with Crippen molar-refractivity contribution < 1.29 is 5.11 Å². The van der Waals surface area contributed by atoms with E-state index in [0.717, 1.165) is 38.5 Å². The first-order valence-electron chi connectivity index (χ1n) is 5.33. The van der Waals surface area contributed by atoms with Gasteiger partial charge in [0.05, 0.1) is 6.10 Å². The van der Waals surface area contributed by atoms with Crippen LogP contribution in [0.1, 0.15) is 26.2 Å². The molecule has 3 nitrogen and oxygen atoms in total. The average molecular weight is 186 g/mol. The van der Waals surface area contributed by atoms with Gasteiger partial charge < -0.3 is 15.7 Å². The molecule has 1 rings (SSSR count). The van der Waals surface area contributed by atoms with Crippen LogP contribution in [0.15, 0.2) is 0 Å². The monoisotopic (exact) mass is 186 g/mol. The molecule has 1 saturated heterocycles. The summed E-state index contributed by atoms with van der Waals surface area (Å²) < 4.78 is 0. The smallest absolute Gasteiger partial charge is 0.0639 e. The number of β-amino-alcohol motifs (C(OH)–C–C–N with tert-alkyl or cyclic N) is 1. The summed E-state index contributed by atoms with van der Waals surface area (Å²) in [7, 11) is 0. The molecule has 1 aliphatic heterocycles. The number of aliphatic hydroxyl groups is 1. The molecule has 78 valence electrons. The Bertz CT molecular complexity index is 137. The van der Waals surface area contributed by atoms with E-state index in [0.29, 0.717) is 0 Å². The minimum absolute atomic E-state index is 0.198. The third kappa shape index (κ3) is 4.07. The van der Waals surface area contributed by atoms with Crippen molar-refractivity contribution in [3.8, 4) is 0 Å². The normalized spacial score (nSPS) is 27.5. The lowest BCUT2D eigenvalue weighted by atomic mass is 9.95. The minimum atomic E-state index is -0.198. The lowest BCUT2D eigenvalue weighted by Crippen LogP contribution is -2.39. The number of rotatable bonds is 4. The Kier molecular flexibility index (Phi) is 4.70. The average Bonchev–Trinajstić information content (AvgIpc) is 2.04. The zero-order valence-corrected chi connectivity index (χ0v) is 8.58. The highest BCUT2D eigenvalue weighted by Gasteiger charge is 2.19. The van der Waals surface area contributed by atoms with Crippen LogP contribution in [0.2, 0.25) is 0 Å². The third-order valence-corrected chi connectivity index (χ3v) is 2.70. The van der Waals surface area contributed by atoms with Crippen LogP contribution in [0.4, 0.5) is 0 Å². The predicted octanol–water partition coefficient (Wildman–Crippen LogP) is 0.428. The third-order valence-electron chi connectivity index (χ3n) is 2.70. The maximum Gasteiger partial charge on any atom is 0.0639 e. The summed E-state index contributed by atoms with van der Waals surface area (Å²) in [5, 5.41) is 9.25. The van der Waals surface area contributed by atoms with E-state index >= 15 is 0 Å². The highest BCUT2D eigenvalue weighted by molar-refractivity contribution is 4.74. The SMILES string of the molecule is CC(O)CN1CCCC(CCN)C1. The number of piperidine rings is 1. The van der Waals surface area contributed by atoms with Gasteiger partial charge in [-0.15, -0.1) is 0 Å². The number of aliphatic hydroxyl groups excluding tert-OH is 1. The highest BCUT2D eigenvalue weighted by Crippen LogP contribution is 2.18. The van der Waals surface area contributed by atoms with Gasteiger partial charge in [-0.2, -0.15) is 0 Å². The van der Waals surface area contributed by atoms with Crippen LogP contribution in [-0.4, -0.2) is 42.3 Å². The van der Waals surface area contributed by atoms with Gasteiger partial charge in [-0.05, 0) is 45.2 Å². The Labute approximate surface area is 80.9 Å². The van der Waals surface area contributed by atoms with Crippen molar-refractivity contribution in [2.45, 2.75) is 32.3 Å². The van der Waals surface area contributed by atoms with Gasteiger partial charge in [-0.1, -0.05) is 0 Å². The largest absolute Gasteiger partial charge is 0.392 e. The van der Waals surface area contributed by atoms with Gasteiger partial charge in [0.25, 0.3) is 0 Å². The Hall–Kier alpha value is -0.120. The lowest BCUT2D eigenvalue weighted by molar-refractivity contribution is 0.0933. The van der Waals surface area contributed by atoms with E-state index in [1.165, 1.54) is 12.8 Å². The lowest BCUT2D eigenvalue weighted by Gasteiger charge is -2.33. The van der Waals surface area contributed by atoms with Crippen molar-refractivity contribution in [1.29, 1.82) is 0 Å². The standard InChI is InChI=1S/C10H22N2O/c1-9(13)7-12-6-2-3-10(8-12)4-5-11/h9-10,13H,2-8,11H2,1H3. The van der Waals surface area contributed by atoms with E-state index in [1.807, 2.05) is 6.92 Å². The summed E-state index contributed by atoms with van der Waals surface area (Å²) in [6, 6.07) is 0. The predicted molar refractivity (Wildman–Crippen MR) is 54.5 cm³/mol. The molecule has 0 bridgehead atoms. The minimum Gasteiger partial charge on any atom is -0.392 e. The topological polar surface area (TPSA) is 49.5 Å². The Morgan fingerprint density at radius 2 is 2.38 bits per heavy atom. The van der Waals surface area contributed by atoms with E-state index in [2.05, 4.69) is 4.90 Å². The van der Waals surface area contributed by atoms with Crippen molar-refractivity contribution in [2.24, 2.45) is 11.7 Å². The van der Waals surface area contributed by atoms with Crippen LogP contribution in [0.5, 0.6) is 0 Å². The Morgan fingerprint density at radius 1 is 1.62 bits per heavy atom. The number of nitrogens with zero attached hydrogens (tertiary/aromatic N) is 1. The molecule has 0 aliphatic carbocycles. The summed E-state index contributed by atoms with van der Waals surface area (Å²) in [6.45, 7) is 5.74. The van der Waals surface area contributed by atoms with E-state index in [-0.39, 0.29) is 6.10 Å². The second kappa shape index (κ2) is 5.58. The fourth-order valence-electron chi connectivity index (χ4n) is 2.16. The van der Waals surface area contributed by atoms with Crippen molar-refractivity contribution in [3.05, 3.63) is 0 Å². The zero-order chi connectivity index (χ0) is 9.68. The Morgan fingerprint density at radius 3 is 3.00 bits per heavy atom. The molecular weight excluding hydrogens is 164 g/mol. The van der Waals surface area contributed by atoms with Crippen molar-refractivity contribution in [2.75, 3.05) is 26.2 Å². The Balaban J connectivity index is 2.24. The quantitative estimate of drug-likeness (QED) is 0.669. The second-order valence-corrected chi connectivity index (χ2v) is 4.19. The summed E-state index contributed by atoms with van der Waals surface area (Å²) >= 11 is 0. The van der Waals surface area contributed by atoms with Crippen LogP contribution in [0.25, 0.3) is 0 Å². The molecule has 2 unspecified atom stereocenters. The molecule has 2 atom stereocenters. The van der Waals surface area contributed by atoms with Crippen LogP contribution in [-0.2, 0) is 0 Å². The highest BCUT2D eigenvalue weighted by atomic mass is 16.3. The molecule has 0 aromatic heterocycles. The molecular formula is C10H22N2O. The first-order valence-corrected chi connectivity index (χ1v) is 5.33. The first-order chi connectivity index (χ1) is 6.22. The van der Waals surface area contributed by atoms with Crippen molar-refractivity contribution >= 4 is 0 Å². The fourth-order valence-corrected chi connectivity index (χ4v) is 2.16. The van der Waals surface area contributed by atoms with Gasteiger partial charge >= 0.3 is 0 Å². The number of hydrogen-bond acceptors (Lipinski definition) is 3. The van der Waals surface area contributed by atoms with Crippen LogP contribution in [0, 0.1) is 5.92 Å². The van der Waals surface area contributed by atoms with E-state index in [4.69, 9.17) is 5.73 Å². The fraction of sp³-hybridized carbons (Fsp3) is 1.00. The van der Waals surface area contributed by atoms with Gasteiger partial charge in [0, 0.05) is 13.1 Å². The van der Waals surface area contributed by atoms with Crippen molar-refractivity contribution in [1.82, 2.24) is 4.90 Å². The zero-order valence-electron chi connectivity index (χ0n) is 8.58. The summed E-state index contributed by atoms with van der Waals surface area (Å²) in [6.07, 6.45) is 3.51. The molecule has 0 aromatic rings. The van der Waals surface area contributed by atoms with Gasteiger partial charge in [0.1, 0.15) is 0 Å². The molecule has 0 radical (unpaired) electrons. The molecule has 0 aromatic carbocycles. The number of hydrogen-bond donors (Lipinski definition) is 2. The van der Waals surface area contributed by atoms with E-state index in [9.17, 15) is 5.11 Å². The van der Waals surface area contributed by atoms with Crippen molar-refractivity contribution in [3.63, 3.8) is 0 Å². The molecule has 3 heteroatoms. The number of nitrogens with two attached hydrogens (primary N) is 1. The van der Waals surface area contributed by atoms with Gasteiger partial charge in [0.2, 0.25) is 0 Å². The molecule has 1 aliphatic rings. The van der Waals surface area contributed by atoms with E-state index < -0.39 is 0 Å². The summed E-state index contributed by atoms with van der Waals surface area (Å²) in [5.41, 5.74) is 5.54. The molecule has 0 spiro atoms. The van der Waals surface area contributed by atoms with Gasteiger partial charge in [0.15, 0.2) is 0 Å².